The summed E-state index contributed by atoms with van der Waals surface area (Å²) in [6.07, 6.45) is 4.07. The highest BCUT2D eigenvalue weighted by atomic mass is 16.5. The van der Waals surface area contributed by atoms with E-state index >= 15 is 0 Å². The van der Waals surface area contributed by atoms with Crippen LogP contribution in [-0.2, 0) is 16.0 Å². The topological polar surface area (TPSA) is 83.8 Å². The molecular formula is C20H22O5. The van der Waals surface area contributed by atoms with E-state index in [2.05, 4.69) is 0 Å². The quantitative estimate of drug-likeness (QED) is 0.827. The van der Waals surface area contributed by atoms with Crippen molar-refractivity contribution in [2.24, 2.45) is 11.3 Å². The summed E-state index contributed by atoms with van der Waals surface area (Å²) in [7, 11) is 1.58. The number of carboxylic acid groups (broad SMARTS) is 2. The van der Waals surface area contributed by atoms with Crippen molar-refractivity contribution in [3.05, 3.63) is 52.6 Å². The first-order chi connectivity index (χ1) is 11.9. The van der Waals surface area contributed by atoms with E-state index in [1.807, 2.05) is 18.2 Å². The minimum atomic E-state index is -1.22. The Morgan fingerprint density at radius 1 is 1.20 bits per heavy atom. The molecule has 0 bridgehead atoms. The van der Waals surface area contributed by atoms with Gasteiger partial charge in [0.25, 0.3) is 0 Å². The number of rotatable bonds is 6. The first-order valence-corrected chi connectivity index (χ1v) is 8.39. The molecule has 1 saturated carbocycles. The number of aliphatic carboxylic acids is 2. The van der Waals surface area contributed by atoms with Crippen LogP contribution < -0.4 is 4.74 Å². The van der Waals surface area contributed by atoms with Crippen LogP contribution in [0.15, 0.2) is 47.1 Å². The summed E-state index contributed by atoms with van der Waals surface area (Å²) in [5, 5.41) is 19.6. The molecule has 1 aromatic rings. The number of hydrogen-bond acceptors (Lipinski definition) is 3. The van der Waals surface area contributed by atoms with E-state index in [1.54, 1.807) is 26.2 Å². The van der Waals surface area contributed by atoms with Crippen LogP contribution in [0.3, 0.4) is 0 Å². The van der Waals surface area contributed by atoms with E-state index in [0.29, 0.717) is 11.7 Å². The largest absolute Gasteiger partial charge is 0.497 e. The molecule has 0 heterocycles. The standard InChI is InChI=1S/C20H22O5/c1-12-16(14-5-6-14)10-20(19(23)24,11-17(12)18(21)22)9-13-3-7-15(25-2)8-4-13/h3-4,7-8,10,14H,5-6,9,11H2,1-2H3,(H,21,22)(H,23,24). The van der Waals surface area contributed by atoms with Gasteiger partial charge < -0.3 is 14.9 Å². The lowest BCUT2D eigenvalue weighted by Crippen LogP contribution is -2.36. The third-order valence-electron chi connectivity index (χ3n) is 5.19. The third kappa shape index (κ3) is 3.31. The first-order valence-electron chi connectivity index (χ1n) is 8.39. The zero-order valence-electron chi connectivity index (χ0n) is 14.4. The molecule has 5 heteroatoms. The van der Waals surface area contributed by atoms with Gasteiger partial charge in [-0.1, -0.05) is 18.2 Å². The first kappa shape index (κ1) is 17.3. The van der Waals surface area contributed by atoms with Gasteiger partial charge in [0.2, 0.25) is 0 Å². The van der Waals surface area contributed by atoms with E-state index in [-0.39, 0.29) is 18.4 Å². The van der Waals surface area contributed by atoms with E-state index < -0.39 is 17.4 Å². The summed E-state index contributed by atoms with van der Waals surface area (Å²) in [5.41, 5.74) is 1.49. The minimum Gasteiger partial charge on any atom is -0.497 e. The fraction of sp³-hybridized carbons (Fsp3) is 0.400. The van der Waals surface area contributed by atoms with Crippen molar-refractivity contribution in [3.63, 3.8) is 0 Å². The summed E-state index contributed by atoms with van der Waals surface area (Å²) in [6, 6.07) is 7.25. The number of allylic oxidation sites excluding steroid dienone is 2. The summed E-state index contributed by atoms with van der Waals surface area (Å²) in [4.78, 5) is 23.9. The number of ether oxygens (including phenoxy) is 1. The second-order valence-electron chi connectivity index (χ2n) is 6.95. The zero-order valence-corrected chi connectivity index (χ0v) is 14.4. The summed E-state index contributed by atoms with van der Waals surface area (Å²) in [6.45, 7) is 1.80. The van der Waals surface area contributed by atoms with E-state index in [0.717, 1.165) is 29.6 Å². The Balaban J connectivity index is 2.01. The lowest BCUT2D eigenvalue weighted by Gasteiger charge is -2.33. The molecule has 1 atom stereocenters. The van der Waals surface area contributed by atoms with Gasteiger partial charge in [-0.05, 0) is 67.4 Å². The highest BCUT2D eigenvalue weighted by Gasteiger charge is 2.44. The Hall–Kier alpha value is -2.56. The van der Waals surface area contributed by atoms with Gasteiger partial charge in [-0.2, -0.15) is 0 Å². The van der Waals surface area contributed by atoms with Crippen LogP contribution in [0.1, 0.15) is 31.7 Å². The second kappa shape index (κ2) is 6.39. The monoisotopic (exact) mass is 342 g/mol. The van der Waals surface area contributed by atoms with Gasteiger partial charge in [0, 0.05) is 5.57 Å². The number of benzene rings is 1. The van der Waals surface area contributed by atoms with Crippen LogP contribution >= 0.6 is 0 Å². The number of methoxy groups -OCH3 is 1. The molecule has 1 fully saturated rings. The minimum absolute atomic E-state index is 0.00570. The maximum absolute atomic E-state index is 12.2. The van der Waals surface area contributed by atoms with Crippen LogP contribution in [0, 0.1) is 11.3 Å². The van der Waals surface area contributed by atoms with E-state index in [1.165, 1.54) is 0 Å². The predicted molar refractivity (Wildman–Crippen MR) is 92.5 cm³/mol. The molecule has 0 aliphatic heterocycles. The maximum atomic E-state index is 12.2. The van der Waals surface area contributed by atoms with Crippen molar-refractivity contribution in [2.75, 3.05) is 7.11 Å². The van der Waals surface area contributed by atoms with Gasteiger partial charge in [-0.15, -0.1) is 0 Å². The average molecular weight is 342 g/mol. The normalized spacial score (nSPS) is 23.2. The lowest BCUT2D eigenvalue weighted by atomic mass is 9.69. The van der Waals surface area contributed by atoms with Crippen molar-refractivity contribution in [3.8, 4) is 5.75 Å². The average Bonchev–Trinajstić information content (AvgIpc) is 3.41. The van der Waals surface area contributed by atoms with Gasteiger partial charge in [-0.3, -0.25) is 4.79 Å². The van der Waals surface area contributed by atoms with Gasteiger partial charge in [0.1, 0.15) is 5.75 Å². The highest BCUT2D eigenvalue weighted by molar-refractivity contribution is 5.92. The smallest absolute Gasteiger partial charge is 0.331 e. The van der Waals surface area contributed by atoms with Crippen LogP contribution in [-0.4, -0.2) is 29.3 Å². The van der Waals surface area contributed by atoms with Gasteiger partial charge in [0.15, 0.2) is 0 Å². The molecule has 132 valence electrons. The van der Waals surface area contributed by atoms with E-state index in [4.69, 9.17) is 4.74 Å². The Morgan fingerprint density at radius 2 is 1.84 bits per heavy atom. The highest BCUT2D eigenvalue weighted by Crippen LogP contribution is 2.48. The van der Waals surface area contributed by atoms with Crippen LogP contribution in [0.5, 0.6) is 5.75 Å². The Morgan fingerprint density at radius 3 is 2.32 bits per heavy atom. The Bertz CT molecular complexity index is 768. The van der Waals surface area contributed by atoms with Crippen molar-refractivity contribution < 1.29 is 24.5 Å². The zero-order chi connectivity index (χ0) is 18.2. The van der Waals surface area contributed by atoms with Crippen molar-refractivity contribution >= 4 is 11.9 Å². The fourth-order valence-corrected chi connectivity index (χ4v) is 3.57. The van der Waals surface area contributed by atoms with E-state index in [9.17, 15) is 19.8 Å². The SMILES string of the molecule is COc1ccc(CC2(C(=O)O)C=C(C3CC3)C(C)=C(C(=O)O)C2)cc1. The van der Waals surface area contributed by atoms with Crippen molar-refractivity contribution in [2.45, 2.75) is 32.6 Å². The number of hydrogen-bond donors (Lipinski definition) is 2. The summed E-state index contributed by atoms with van der Waals surface area (Å²) in [5.74, 6) is -1.01. The molecule has 2 aliphatic rings. The molecule has 0 saturated heterocycles. The van der Waals surface area contributed by atoms with Crippen molar-refractivity contribution in [1.29, 1.82) is 0 Å². The number of carboxylic acids is 2. The molecule has 25 heavy (non-hydrogen) atoms. The second-order valence-corrected chi connectivity index (χ2v) is 6.95. The van der Waals surface area contributed by atoms with Crippen LogP contribution in [0.4, 0.5) is 0 Å². The molecule has 2 N–H and O–H groups in total. The lowest BCUT2D eigenvalue weighted by molar-refractivity contribution is -0.146. The fourth-order valence-electron chi connectivity index (χ4n) is 3.57. The summed E-state index contributed by atoms with van der Waals surface area (Å²) >= 11 is 0. The van der Waals surface area contributed by atoms with Gasteiger partial charge in [-0.25, -0.2) is 4.79 Å². The van der Waals surface area contributed by atoms with Gasteiger partial charge >= 0.3 is 11.9 Å². The number of carbonyl (C=O) groups is 2. The molecule has 5 nitrogen and oxygen atoms in total. The van der Waals surface area contributed by atoms with Crippen molar-refractivity contribution in [1.82, 2.24) is 0 Å². The molecule has 0 radical (unpaired) electrons. The summed E-state index contributed by atoms with van der Waals surface area (Å²) < 4.78 is 5.14. The molecule has 0 amide bonds. The Kier molecular flexibility index (Phi) is 4.41. The molecule has 0 aromatic heterocycles. The molecule has 1 aromatic carbocycles. The van der Waals surface area contributed by atoms with Gasteiger partial charge in [0.05, 0.1) is 12.5 Å². The van der Waals surface area contributed by atoms with Crippen LogP contribution in [0.2, 0.25) is 0 Å². The Labute approximate surface area is 146 Å². The van der Waals surface area contributed by atoms with Crippen LogP contribution in [0.25, 0.3) is 0 Å². The molecule has 2 aliphatic carbocycles. The molecule has 0 spiro atoms. The molecule has 3 rings (SSSR count). The predicted octanol–water partition coefficient (Wildman–Crippen LogP) is 3.45. The molecule has 1 unspecified atom stereocenters. The molecular weight excluding hydrogens is 320 g/mol. The third-order valence-corrected chi connectivity index (χ3v) is 5.19. The maximum Gasteiger partial charge on any atom is 0.331 e.